The number of methoxy groups -OCH3 is 1. The quantitative estimate of drug-likeness (QED) is 0.274. The molecule has 4 aromatic rings. The summed E-state index contributed by atoms with van der Waals surface area (Å²) in [7, 11) is 1.55. The Labute approximate surface area is 196 Å². The Kier molecular flexibility index (Phi) is 7.25. The van der Waals surface area contributed by atoms with Crippen LogP contribution in [-0.2, 0) is 16.2 Å². The van der Waals surface area contributed by atoms with Crippen LogP contribution in [0, 0.1) is 0 Å². The van der Waals surface area contributed by atoms with E-state index in [0.29, 0.717) is 23.7 Å². The molecule has 0 bridgehead atoms. The van der Waals surface area contributed by atoms with E-state index in [-0.39, 0.29) is 18.0 Å². The average Bonchev–Trinajstić information content (AvgIpc) is 3.29. The first kappa shape index (κ1) is 22.7. The van der Waals surface area contributed by atoms with Crippen LogP contribution < -0.4 is 9.47 Å². The van der Waals surface area contributed by atoms with Crippen LogP contribution in [0.5, 0.6) is 11.5 Å². The number of nitrogens with one attached hydrogen (secondary N) is 1. The van der Waals surface area contributed by atoms with E-state index < -0.39 is 0 Å². The lowest BCUT2D eigenvalue weighted by Crippen LogP contribution is -2.02. The van der Waals surface area contributed by atoms with Gasteiger partial charge in [-0.15, -0.1) is 0 Å². The topological polar surface area (TPSA) is 94.2 Å². The van der Waals surface area contributed by atoms with Gasteiger partial charge in [-0.1, -0.05) is 6.07 Å². The standard InChI is InChI=1S/C27H23N3O4/c1-33-26-16-24(34-18-21-5-2-3-13-28-21)12-9-19(26)7-10-22(31)15-23(32)11-8-20-17-30-27-25(20)6-4-14-29-27/h2-14,16-17H,15,18H2,1H3,(H,29,30). The zero-order valence-electron chi connectivity index (χ0n) is 18.6. The molecule has 0 radical (unpaired) electrons. The number of rotatable bonds is 10. The number of ketones is 2. The molecule has 170 valence electrons. The predicted molar refractivity (Wildman–Crippen MR) is 130 cm³/mol. The SMILES string of the molecule is COc1cc(OCc2ccccn2)ccc1C=CC(=O)CC(=O)C=Cc1c[nH]c2ncccc12. The molecule has 0 amide bonds. The number of carbonyl (C=O) groups excluding carboxylic acids is 2. The third-order valence-corrected chi connectivity index (χ3v) is 5.05. The number of aromatic nitrogens is 3. The molecule has 0 spiro atoms. The molecule has 7 heteroatoms. The van der Waals surface area contributed by atoms with Crippen LogP contribution in [0.15, 0.2) is 79.3 Å². The maximum atomic E-state index is 12.3. The molecular weight excluding hydrogens is 430 g/mol. The van der Waals surface area contributed by atoms with Crippen molar-refractivity contribution in [2.45, 2.75) is 13.0 Å². The highest BCUT2D eigenvalue weighted by molar-refractivity contribution is 6.11. The Morgan fingerprint density at radius 1 is 0.941 bits per heavy atom. The zero-order valence-corrected chi connectivity index (χ0v) is 18.6. The van der Waals surface area contributed by atoms with Gasteiger partial charge in [-0.3, -0.25) is 14.6 Å². The summed E-state index contributed by atoms with van der Waals surface area (Å²) in [6, 6.07) is 14.7. The van der Waals surface area contributed by atoms with Gasteiger partial charge in [0.2, 0.25) is 0 Å². The summed E-state index contributed by atoms with van der Waals surface area (Å²) in [6.07, 6.45) is 11.1. The van der Waals surface area contributed by atoms with Gasteiger partial charge in [0.05, 0.1) is 19.2 Å². The zero-order chi connectivity index (χ0) is 23.8. The van der Waals surface area contributed by atoms with E-state index >= 15 is 0 Å². The van der Waals surface area contributed by atoms with Crippen molar-refractivity contribution >= 4 is 34.8 Å². The normalized spacial score (nSPS) is 11.3. The molecule has 4 rings (SSSR count). The smallest absolute Gasteiger partial charge is 0.163 e. The van der Waals surface area contributed by atoms with Crippen LogP contribution >= 0.6 is 0 Å². The molecule has 0 fully saturated rings. The van der Waals surface area contributed by atoms with Gasteiger partial charge in [0.1, 0.15) is 23.8 Å². The second kappa shape index (κ2) is 10.9. The van der Waals surface area contributed by atoms with Crippen LogP contribution in [0.2, 0.25) is 0 Å². The van der Waals surface area contributed by atoms with E-state index in [1.807, 2.05) is 30.3 Å². The molecule has 3 aromatic heterocycles. The fourth-order valence-electron chi connectivity index (χ4n) is 3.33. The van der Waals surface area contributed by atoms with Gasteiger partial charge in [0, 0.05) is 41.2 Å². The number of carbonyl (C=O) groups is 2. The number of hydrogen-bond donors (Lipinski definition) is 1. The van der Waals surface area contributed by atoms with Gasteiger partial charge in [0.15, 0.2) is 11.6 Å². The Hall–Kier alpha value is -4.52. The van der Waals surface area contributed by atoms with E-state index in [9.17, 15) is 9.59 Å². The van der Waals surface area contributed by atoms with Crippen LogP contribution in [0.3, 0.4) is 0 Å². The molecule has 0 aliphatic heterocycles. The highest BCUT2D eigenvalue weighted by atomic mass is 16.5. The number of ether oxygens (including phenoxy) is 2. The summed E-state index contributed by atoms with van der Waals surface area (Å²) < 4.78 is 11.2. The van der Waals surface area contributed by atoms with Crippen molar-refractivity contribution in [3.63, 3.8) is 0 Å². The Bertz CT molecular complexity index is 1360. The number of allylic oxidation sites excluding steroid dienone is 2. The second-order valence-electron chi connectivity index (χ2n) is 7.43. The molecule has 0 unspecified atom stereocenters. The van der Waals surface area contributed by atoms with E-state index in [0.717, 1.165) is 22.3 Å². The largest absolute Gasteiger partial charge is 0.496 e. The molecule has 0 atom stereocenters. The van der Waals surface area contributed by atoms with Gasteiger partial charge in [-0.05, 0) is 60.7 Å². The van der Waals surface area contributed by atoms with Crippen molar-refractivity contribution in [1.29, 1.82) is 0 Å². The van der Waals surface area contributed by atoms with E-state index in [1.165, 1.54) is 12.2 Å². The number of benzene rings is 1. The van der Waals surface area contributed by atoms with Gasteiger partial charge in [-0.25, -0.2) is 4.98 Å². The van der Waals surface area contributed by atoms with Crippen molar-refractivity contribution in [1.82, 2.24) is 15.0 Å². The third kappa shape index (κ3) is 5.83. The minimum absolute atomic E-state index is 0.221. The number of fused-ring (bicyclic) bond motifs is 1. The van der Waals surface area contributed by atoms with Crippen molar-refractivity contribution in [2.24, 2.45) is 0 Å². The number of hydrogen-bond acceptors (Lipinski definition) is 6. The van der Waals surface area contributed by atoms with Crippen molar-refractivity contribution in [3.8, 4) is 11.5 Å². The summed E-state index contributed by atoms with van der Waals surface area (Å²) in [5.74, 6) is 0.603. The van der Waals surface area contributed by atoms with Crippen LogP contribution in [-0.4, -0.2) is 33.6 Å². The number of nitrogens with zero attached hydrogens (tertiary/aromatic N) is 2. The van der Waals surface area contributed by atoms with Crippen LogP contribution in [0.25, 0.3) is 23.2 Å². The number of pyridine rings is 2. The molecule has 3 heterocycles. The summed E-state index contributed by atoms with van der Waals surface area (Å²) in [6.45, 7) is 0.336. The van der Waals surface area contributed by atoms with Crippen LogP contribution in [0.4, 0.5) is 0 Å². The molecular formula is C27H23N3O4. The Morgan fingerprint density at radius 2 is 1.74 bits per heavy atom. The van der Waals surface area contributed by atoms with E-state index in [2.05, 4.69) is 15.0 Å². The summed E-state index contributed by atoms with van der Waals surface area (Å²) in [5, 5.41) is 0.914. The molecule has 0 aliphatic rings. The lowest BCUT2D eigenvalue weighted by molar-refractivity contribution is -0.121. The number of aromatic amines is 1. The minimum atomic E-state index is -0.298. The maximum Gasteiger partial charge on any atom is 0.163 e. The number of H-pyrrole nitrogens is 1. The van der Waals surface area contributed by atoms with Crippen molar-refractivity contribution < 1.29 is 19.1 Å². The summed E-state index contributed by atoms with van der Waals surface area (Å²) in [4.78, 5) is 36.0. The average molecular weight is 453 g/mol. The second-order valence-corrected chi connectivity index (χ2v) is 7.43. The fourth-order valence-corrected chi connectivity index (χ4v) is 3.33. The summed E-state index contributed by atoms with van der Waals surface area (Å²) in [5.41, 5.74) is 3.11. The molecule has 0 saturated carbocycles. The third-order valence-electron chi connectivity index (χ3n) is 5.05. The lowest BCUT2D eigenvalue weighted by atomic mass is 10.1. The van der Waals surface area contributed by atoms with Gasteiger partial charge < -0.3 is 14.5 Å². The predicted octanol–water partition coefficient (Wildman–Crippen LogP) is 4.80. The molecule has 1 aromatic carbocycles. The monoisotopic (exact) mass is 453 g/mol. The first-order valence-electron chi connectivity index (χ1n) is 10.7. The first-order chi connectivity index (χ1) is 16.6. The Balaban J connectivity index is 1.34. The maximum absolute atomic E-state index is 12.3. The highest BCUT2D eigenvalue weighted by Gasteiger charge is 2.08. The van der Waals surface area contributed by atoms with Crippen LogP contribution in [0.1, 0.15) is 23.2 Å². The van der Waals surface area contributed by atoms with Gasteiger partial charge in [0.25, 0.3) is 0 Å². The lowest BCUT2D eigenvalue weighted by Gasteiger charge is -2.09. The fraction of sp³-hybridized carbons (Fsp3) is 0.111. The molecule has 34 heavy (non-hydrogen) atoms. The van der Waals surface area contributed by atoms with Gasteiger partial charge >= 0.3 is 0 Å². The first-order valence-corrected chi connectivity index (χ1v) is 10.7. The minimum Gasteiger partial charge on any atom is -0.496 e. The van der Waals surface area contributed by atoms with Gasteiger partial charge in [-0.2, -0.15) is 0 Å². The van der Waals surface area contributed by atoms with Crippen molar-refractivity contribution in [2.75, 3.05) is 7.11 Å². The summed E-state index contributed by atoms with van der Waals surface area (Å²) >= 11 is 0. The van der Waals surface area contributed by atoms with E-state index in [1.54, 1.807) is 56.1 Å². The molecule has 0 aliphatic carbocycles. The molecule has 7 nitrogen and oxygen atoms in total. The van der Waals surface area contributed by atoms with E-state index in [4.69, 9.17) is 9.47 Å². The highest BCUT2D eigenvalue weighted by Crippen LogP contribution is 2.26. The Morgan fingerprint density at radius 3 is 2.50 bits per heavy atom. The molecule has 1 N–H and O–H groups in total. The molecule has 0 saturated heterocycles. The van der Waals surface area contributed by atoms with Crippen molar-refractivity contribution in [3.05, 3.63) is 96.1 Å².